The van der Waals surface area contributed by atoms with Crippen molar-refractivity contribution in [2.24, 2.45) is 5.84 Å². The molecule has 0 unspecified atom stereocenters. The van der Waals surface area contributed by atoms with Crippen molar-refractivity contribution in [2.75, 3.05) is 19.6 Å². The molecular weight excluding hydrogens is 330 g/mol. The Morgan fingerprint density at radius 3 is 2.45 bits per heavy atom. The number of halogens is 1. The summed E-state index contributed by atoms with van der Waals surface area (Å²) in [5.74, 6) is 6.61. The molecule has 20 heavy (non-hydrogen) atoms. The third-order valence-electron chi connectivity index (χ3n) is 2.25. The van der Waals surface area contributed by atoms with E-state index in [4.69, 9.17) is 20.1 Å². The first-order valence-corrected chi connectivity index (χ1v) is 6.23. The quantitative estimate of drug-likeness (QED) is 0.625. The van der Waals surface area contributed by atoms with Crippen LogP contribution in [0.5, 0.6) is 23.5 Å². The summed E-state index contributed by atoms with van der Waals surface area (Å²) >= 11 is 3.37. The standard InChI is InChI=1S/C11H12BrN5O3/c1-18-6-3-4-8(7(12)5-6)20-11-15-9(17-13)14-10(16-11)19-2/h3-5H,13H2,1-2H3,(H,14,15,16,17). The van der Waals surface area contributed by atoms with Gasteiger partial charge in [-0.25, -0.2) is 5.84 Å². The number of anilines is 1. The summed E-state index contributed by atoms with van der Waals surface area (Å²) in [5.41, 5.74) is 2.31. The molecule has 3 N–H and O–H groups in total. The lowest BCUT2D eigenvalue weighted by Gasteiger charge is -2.09. The van der Waals surface area contributed by atoms with Crippen molar-refractivity contribution in [1.82, 2.24) is 15.0 Å². The minimum atomic E-state index is 0.0515. The zero-order valence-electron chi connectivity index (χ0n) is 10.8. The lowest BCUT2D eigenvalue weighted by Crippen LogP contribution is -2.12. The van der Waals surface area contributed by atoms with Crippen molar-refractivity contribution >= 4 is 21.9 Å². The Kier molecular flexibility index (Phi) is 4.53. The molecule has 1 aromatic carbocycles. The third-order valence-corrected chi connectivity index (χ3v) is 2.87. The summed E-state index contributed by atoms with van der Waals surface area (Å²) in [7, 11) is 3.01. The molecule has 0 aliphatic rings. The largest absolute Gasteiger partial charge is 0.497 e. The second-order valence-electron chi connectivity index (χ2n) is 3.47. The lowest BCUT2D eigenvalue weighted by molar-refractivity contribution is 0.359. The van der Waals surface area contributed by atoms with Gasteiger partial charge in [0.2, 0.25) is 5.95 Å². The average Bonchev–Trinajstić information content (AvgIpc) is 2.48. The highest BCUT2D eigenvalue weighted by Gasteiger charge is 2.10. The summed E-state index contributed by atoms with van der Waals surface area (Å²) in [6, 6.07) is 5.37. The van der Waals surface area contributed by atoms with Gasteiger partial charge in [-0.3, -0.25) is 5.43 Å². The number of nitrogen functional groups attached to an aromatic ring is 1. The van der Waals surface area contributed by atoms with Gasteiger partial charge in [0.15, 0.2) is 0 Å². The third kappa shape index (κ3) is 3.25. The van der Waals surface area contributed by atoms with Crippen LogP contribution < -0.4 is 25.5 Å². The number of hydrogen-bond donors (Lipinski definition) is 2. The van der Waals surface area contributed by atoms with Gasteiger partial charge >= 0.3 is 12.0 Å². The molecule has 0 radical (unpaired) electrons. The van der Waals surface area contributed by atoms with E-state index in [1.54, 1.807) is 25.3 Å². The fourth-order valence-corrected chi connectivity index (χ4v) is 1.77. The summed E-state index contributed by atoms with van der Waals surface area (Å²) in [6.07, 6.45) is 0. The van der Waals surface area contributed by atoms with Crippen LogP contribution in [0.1, 0.15) is 0 Å². The Hall–Kier alpha value is -2.13. The van der Waals surface area contributed by atoms with E-state index in [0.29, 0.717) is 16.0 Å². The van der Waals surface area contributed by atoms with Crippen LogP contribution in [0.2, 0.25) is 0 Å². The molecule has 0 spiro atoms. The Bertz CT molecular complexity index is 588. The van der Waals surface area contributed by atoms with Crippen molar-refractivity contribution in [2.45, 2.75) is 0 Å². The van der Waals surface area contributed by atoms with E-state index in [2.05, 4.69) is 36.3 Å². The van der Waals surface area contributed by atoms with Crippen LogP contribution in [0.3, 0.4) is 0 Å². The van der Waals surface area contributed by atoms with Crippen molar-refractivity contribution < 1.29 is 14.2 Å². The molecule has 106 valence electrons. The van der Waals surface area contributed by atoms with Crippen LogP contribution in [-0.2, 0) is 0 Å². The number of methoxy groups -OCH3 is 2. The first-order valence-electron chi connectivity index (χ1n) is 5.44. The van der Waals surface area contributed by atoms with Gasteiger partial charge in [-0.05, 0) is 34.1 Å². The van der Waals surface area contributed by atoms with Crippen LogP contribution >= 0.6 is 15.9 Å². The highest BCUT2D eigenvalue weighted by Crippen LogP contribution is 2.32. The van der Waals surface area contributed by atoms with Crippen molar-refractivity contribution in [3.8, 4) is 23.5 Å². The predicted octanol–water partition coefficient (Wildman–Crippen LogP) is 1.73. The number of ether oxygens (including phenoxy) is 3. The van der Waals surface area contributed by atoms with Gasteiger partial charge < -0.3 is 14.2 Å². The van der Waals surface area contributed by atoms with E-state index in [-0.39, 0.29) is 18.0 Å². The monoisotopic (exact) mass is 341 g/mol. The maximum Gasteiger partial charge on any atom is 0.330 e. The molecule has 0 atom stereocenters. The molecule has 8 nitrogen and oxygen atoms in total. The normalized spacial score (nSPS) is 10.0. The molecule has 0 fully saturated rings. The molecule has 0 saturated heterocycles. The van der Waals surface area contributed by atoms with E-state index in [9.17, 15) is 0 Å². The van der Waals surface area contributed by atoms with Gasteiger partial charge in [-0.15, -0.1) is 4.98 Å². The van der Waals surface area contributed by atoms with Gasteiger partial charge in [0.25, 0.3) is 0 Å². The van der Waals surface area contributed by atoms with Gasteiger partial charge in [0.05, 0.1) is 18.7 Å². The minimum Gasteiger partial charge on any atom is -0.497 e. The molecule has 2 aromatic rings. The summed E-state index contributed by atoms with van der Waals surface area (Å²) in [5, 5.41) is 0. The van der Waals surface area contributed by atoms with Crippen LogP contribution in [-0.4, -0.2) is 29.2 Å². The fraction of sp³-hybridized carbons (Fsp3) is 0.182. The Balaban J connectivity index is 2.29. The van der Waals surface area contributed by atoms with E-state index < -0.39 is 0 Å². The highest BCUT2D eigenvalue weighted by atomic mass is 79.9. The maximum atomic E-state index is 5.55. The maximum absolute atomic E-state index is 5.55. The van der Waals surface area contributed by atoms with Crippen LogP contribution in [0.15, 0.2) is 22.7 Å². The van der Waals surface area contributed by atoms with Crippen molar-refractivity contribution in [3.05, 3.63) is 22.7 Å². The van der Waals surface area contributed by atoms with Gasteiger partial charge in [0, 0.05) is 0 Å². The van der Waals surface area contributed by atoms with Crippen LogP contribution in [0.25, 0.3) is 0 Å². The van der Waals surface area contributed by atoms with Crippen LogP contribution in [0.4, 0.5) is 5.95 Å². The molecule has 2 rings (SSSR count). The van der Waals surface area contributed by atoms with Gasteiger partial charge in [-0.1, -0.05) is 0 Å². The van der Waals surface area contributed by atoms with Crippen LogP contribution in [0, 0.1) is 0 Å². The molecule has 9 heteroatoms. The Labute approximate surface area is 123 Å². The van der Waals surface area contributed by atoms with Gasteiger partial charge in [0.1, 0.15) is 11.5 Å². The first-order chi connectivity index (χ1) is 9.66. The second kappa shape index (κ2) is 6.35. The molecule has 0 bridgehead atoms. The minimum absolute atomic E-state index is 0.0515. The van der Waals surface area contributed by atoms with E-state index in [1.165, 1.54) is 7.11 Å². The van der Waals surface area contributed by atoms with Crippen molar-refractivity contribution in [3.63, 3.8) is 0 Å². The Morgan fingerprint density at radius 1 is 1.10 bits per heavy atom. The SMILES string of the molecule is COc1ccc(Oc2nc(NN)nc(OC)n2)c(Br)c1. The molecular formula is C11H12BrN5O3. The molecule has 0 saturated carbocycles. The predicted molar refractivity (Wildman–Crippen MR) is 75.0 cm³/mol. The average molecular weight is 342 g/mol. The summed E-state index contributed by atoms with van der Waals surface area (Å²) in [6.45, 7) is 0. The van der Waals surface area contributed by atoms with Crippen molar-refractivity contribution in [1.29, 1.82) is 0 Å². The number of nitrogens with zero attached hydrogens (tertiary/aromatic N) is 3. The zero-order valence-corrected chi connectivity index (χ0v) is 12.3. The number of nitrogens with one attached hydrogen (secondary N) is 1. The topological polar surface area (TPSA) is 104 Å². The summed E-state index contributed by atoms with van der Waals surface area (Å²) < 4.78 is 16.3. The smallest absolute Gasteiger partial charge is 0.330 e. The number of hydrazine groups is 1. The number of benzene rings is 1. The van der Waals surface area contributed by atoms with E-state index in [0.717, 1.165) is 0 Å². The number of rotatable bonds is 5. The first kappa shape index (κ1) is 14.3. The van der Waals surface area contributed by atoms with E-state index >= 15 is 0 Å². The highest BCUT2D eigenvalue weighted by molar-refractivity contribution is 9.10. The van der Waals surface area contributed by atoms with Gasteiger partial charge in [-0.2, -0.15) is 9.97 Å². The fourth-order valence-electron chi connectivity index (χ4n) is 1.33. The van der Waals surface area contributed by atoms with E-state index in [1.807, 2.05) is 0 Å². The Morgan fingerprint density at radius 2 is 1.85 bits per heavy atom. The molecule has 1 heterocycles. The molecule has 0 amide bonds. The zero-order chi connectivity index (χ0) is 14.5. The molecule has 0 aliphatic heterocycles. The number of nitrogens with two attached hydrogens (primary N) is 1. The second-order valence-corrected chi connectivity index (χ2v) is 4.33. The number of aromatic nitrogens is 3. The lowest BCUT2D eigenvalue weighted by atomic mass is 10.3. The molecule has 0 aliphatic carbocycles. The molecule has 1 aromatic heterocycles. The summed E-state index contributed by atoms with van der Waals surface area (Å²) in [4.78, 5) is 11.8. The number of hydrogen-bond acceptors (Lipinski definition) is 8.